The summed E-state index contributed by atoms with van der Waals surface area (Å²) in [5.41, 5.74) is 2.01. The molecule has 0 spiro atoms. The summed E-state index contributed by atoms with van der Waals surface area (Å²) in [6, 6.07) is 6.09. The van der Waals surface area contributed by atoms with Gasteiger partial charge >= 0.3 is 0 Å². The van der Waals surface area contributed by atoms with Crippen LogP contribution in [0, 0.1) is 12.3 Å². The van der Waals surface area contributed by atoms with E-state index in [1.807, 2.05) is 24.1 Å². The van der Waals surface area contributed by atoms with Crippen LogP contribution in [-0.2, 0) is 11.3 Å². The molecular formula is C17H26N2O2. The van der Waals surface area contributed by atoms with Gasteiger partial charge in [-0.3, -0.25) is 4.79 Å². The zero-order chi connectivity index (χ0) is 15.5. The number of ether oxygens (including phenoxy) is 1. The van der Waals surface area contributed by atoms with Crippen molar-refractivity contribution in [2.24, 2.45) is 5.41 Å². The van der Waals surface area contributed by atoms with E-state index < -0.39 is 0 Å². The van der Waals surface area contributed by atoms with E-state index in [-0.39, 0.29) is 11.3 Å². The van der Waals surface area contributed by atoms with Crippen LogP contribution in [0.1, 0.15) is 30.9 Å². The maximum Gasteiger partial charge on any atom is 0.230 e. The van der Waals surface area contributed by atoms with Crippen LogP contribution in [0.3, 0.4) is 0 Å². The minimum absolute atomic E-state index is 0.230. The van der Waals surface area contributed by atoms with Gasteiger partial charge in [0.2, 0.25) is 5.91 Å². The van der Waals surface area contributed by atoms with Gasteiger partial charge in [-0.1, -0.05) is 24.6 Å². The number of hydrogen-bond donors (Lipinski definition) is 1. The van der Waals surface area contributed by atoms with Crippen LogP contribution in [0.5, 0.6) is 5.75 Å². The number of carbonyl (C=O) groups is 1. The smallest absolute Gasteiger partial charge is 0.230 e. The molecule has 4 nitrogen and oxygen atoms in total. The van der Waals surface area contributed by atoms with Gasteiger partial charge in [0.05, 0.1) is 12.5 Å². The number of nitrogens with zero attached hydrogens (tertiary/aromatic N) is 1. The summed E-state index contributed by atoms with van der Waals surface area (Å²) < 4.78 is 5.41. The normalized spacial score (nSPS) is 21.3. The zero-order valence-electron chi connectivity index (χ0n) is 13.5. The Morgan fingerprint density at radius 3 is 2.81 bits per heavy atom. The number of benzene rings is 1. The zero-order valence-corrected chi connectivity index (χ0v) is 13.5. The fourth-order valence-corrected chi connectivity index (χ4v) is 3.14. The van der Waals surface area contributed by atoms with Gasteiger partial charge in [-0.2, -0.15) is 0 Å². The molecule has 1 saturated heterocycles. The quantitative estimate of drug-likeness (QED) is 0.905. The minimum Gasteiger partial charge on any atom is -0.496 e. The predicted octanol–water partition coefficient (Wildman–Crippen LogP) is 2.35. The van der Waals surface area contributed by atoms with E-state index in [2.05, 4.69) is 25.2 Å². The topological polar surface area (TPSA) is 41.6 Å². The molecule has 21 heavy (non-hydrogen) atoms. The molecule has 1 heterocycles. The molecule has 1 N–H and O–H groups in total. The van der Waals surface area contributed by atoms with Gasteiger partial charge in [-0.15, -0.1) is 0 Å². The van der Waals surface area contributed by atoms with Crippen LogP contribution in [0.25, 0.3) is 0 Å². The first-order valence-electron chi connectivity index (χ1n) is 7.62. The molecule has 1 aliphatic rings. The molecule has 1 unspecified atom stereocenters. The van der Waals surface area contributed by atoms with Gasteiger partial charge in [0.1, 0.15) is 5.75 Å². The van der Waals surface area contributed by atoms with Crippen LogP contribution in [0.2, 0.25) is 0 Å². The summed E-state index contributed by atoms with van der Waals surface area (Å²) in [6.45, 7) is 6.47. The first-order chi connectivity index (χ1) is 10.0. The third-order valence-electron chi connectivity index (χ3n) is 4.56. The fraction of sp³-hybridized carbons (Fsp3) is 0.588. The summed E-state index contributed by atoms with van der Waals surface area (Å²) in [6.07, 6.45) is 1.81. The Bertz CT molecular complexity index is 508. The number of carbonyl (C=O) groups excluding carboxylic acids is 1. The van der Waals surface area contributed by atoms with Crippen molar-refractivity contribution in [3.63, 3.8) is 0 Å². The summed E-state index contributed by atoms with van der Waals surface area (Å²) in [7, 11) is 3.56. The van der Waals surface area contributed by atoms with Crippen molar-refractivity contribution in [2.75, 3.05) is 27.2 Å². The van der Waals surface area contributed by atoms with Gasteiger partial charge in [0.15, 0.2) is 0 Å². The third kappa shape index (κ3) is 3.21. The van der Waals surface area contributed by atoms with Gasteiger partial charge < -0.3 is 15.0 Å². The van der Waals surface area contributed by atoms with E-state index >= 15 is 0 Å². The number of amides is 1. The summed E-state index contributed by atoms with van der Waals surface area (Å²) in [5.74, 6) is 1.08. The average Bonchev–Trinajstić information content (AvgIpc) is 2.96. The van der Waals surface area contributed by atoms with Crippen molar-refractivity contribution in [1.29, 1.82) is 0 Å². The van der Waals surface area contributed by atoms with E-state index in [0.717, 1.165) is 37.2 Å². The second kappa shape index (κ2) is 6.48. The van der Waals surface area contributed by atoms with Crippen LogP contribution in [0.15, 0.2) is 18.2 Å². The summed E-state index contributed by atoms with van der Waals surface area (Å²) in [4.78, 5) is 14.7. The Hall–Kier alpha value is -1.55. The Balaban J connectivity index is 2.15. The molecule has 0 aliphatic carbocycles. The monoisotopic (exact) mass is 290 g/mol. The summed E-state index contributed by atoms with van der Waals surface area (Å²) >= 11 is 0. The molecule has 1 aromatic rings. The maximum absolute atomic E-state index is 12.8. The molecule has 1 fully saturated rings. The fourth-order valence-electron chi connectivity index (χ4n) is 3.14. The molecule has 1 amide bonds. The lowest BCUT2D eigenvalue weighted by Crippen LogP contribution is -2.42. The Kier molecular flexibility index (Phi) is 4.88. The van der Waals surface area contributed by atoms with E-state index in [9.17, 15) is 4.79 Å². The van der Waals surface area contributed by atoms with Crippen molar-refractivity contribution < 1.29 is 9.53 Å². The highest BCUT2D eigenvalue weighted by Gasteiger charge is 2.41. The molecule has 2 rings (SSSR count). The number of methoxy groups -OCH3 is 1. The average molecular weight is 290 g/mol. The molecular weight excluding hydrogens is 264 g/mol. The molecule has 0 bridgehead atoms. The van der Waals surface area contributed by atoms with Gasteiger partial charge in [0, 0.05) is 25.7 Å². The lowest BCUT2D eigenvalue weighted by atomic mass is 9.82. The van der Waals surface area contributed by atoms with Crippen molar-refractivity contribution in [2.45, 2.75) is 33.2 Å². The van der Waals surface area contributed by atoms with E-state index in [1.165, 1.54) is 5.56 Å². The highest BCUT2D eigenvalue weighted by atomic mass is 16.5. The molecule has 0 radical (unpaired) electrons. The van der Waals surface area contributed by atoms with E-state index in [0.29, 0.717) is 6.54 Å². The number of nitrogens with one attached hydrogen (secondary N) is 1. The van der Waals surface area contributed by atoms with Crippen molar-refractivity contribution in [3.05, 3.63) is 29.3 Å². The van der Waals surface area contributed by atoms with Gasteiger partial charge in [-0.05, 0) is 32.4 Å². The first-order valence-corrected chi connectivity index (χ1v) is 7.62. The molecule has 1 aliphatic heterocycles. The van der Waals surface area contributed by atoms with Crippen molar-refractivity contribution >= 4 is 5.91 Å². The number of aryl methyl sites for hydroxylation is 1. The van der Waals surface area contributed by atoms with Crippen LogP contribution >= 0.6 is 0 Å². The highest BCUT2D eigenvalue weighted by molar-refractivity contribution is 5.83. The van der Waals surface area contributed by atoms with Crippen molar-refractivity contribution in [3.8, 4) is 5.75 Å². The Labute approximate surface area is 127 Å². The number of hydrogen-bond acceptors (Lipinski definition) is 3. The first kappa shape index (κ1) is 15.8. The van der Waals surface area contributed by atoms with Gasteiger partial charge in [-0.25, -0.2) is 0 Å². The molecule has 1 aromatic carbocycles. The molecule has 0 aromatic heterocycles. The molecule has 4 heteroatoms. The molecule has 0 saturated carbocycles. The lowest BCUT2D eigenvalue weighted by molar-refractivity contribution is -0.140. The standard InChI is InChI=1S/C17H26N2O2/c1-5-17(8-9-18-12-17)16(20)19(3)11-14-10-13(2)6-7-15(14)21-4/h6-7,10,18H,5,8-9,11-12H2,1-4H3. The SMILES string of the molecule is CCC1(C(=O)N(C)Cc2cc(C)ccc2OC)CCNC1. The number of rotatable bonds is 5. The molecule has 1 atom stereocenters. The van der Waals surface area contributed by atoms with E-state index in [4.69, 9.17) is 4.74 Å². The van der Waals surface area contributed by atoms with Crippen LogP contribution < -0.4 is 10.1 Å². The second-order valence-electron chi connectivity index (χ2n) is 6.04. The molecule has 116 valence electrons. The van der Waals surface area contributed by atoms with Crippen LogP contribution in [-0.4, -0.2) is 38.1 Å². The highest BCUT2D eigenvalue weighted by Crippen LogP contribution is 2.32. The van der Waals surface area contributed by atoms with Crippen molar-refractivity contribution in [1.82, 2.24) is 10.2 Å². The van der Waals surface area contributed by atoms with Gasteiger partial charge in [0.25, 0.3) is 0 Å². The largest absolute Gasteiger partial charge is 0.496 e. The predicted molar refractivity (Wildman–Crippen MR) is 84.4 cm³/mol. The van der Waals surface area contributed by atoms with E-state index in [1.54, 1.807) is 7.11 Å². The Morgan fingerprint density at radius 2 is 2.24 bits per heavy atom. The second-order valence-corrected chi connectivity index (χ2v) is 6.04. The Morgan fingerprint density at radius 1 is 1.48 bits per heavy atom. The van der Waals surface area contributed by atoms with Crippen LogP contribution in [0.4, 0.5) is 0 Å². The maximum atomic E-state index is 12.8. The third-order valence-corrected chi connectivity index (χ3v) is 4.56. The minimum atomic E-state index is -0.230. The lowest BCUT2D eigenvalue weighted by Gasteiger charge is -2.31. The summed E-state index contributed by atoms with van der Waals surface area (Å²) in [5, 5.41) is 3.32.